The van der Waals surface area contributed by atoms with Gasteiger partial charge in [0.1, 0.15) is 35.4 Å². The van der Waals surface area contributed by atoms with Gasteiger partial charge in [-0.15, -0.1) is 0 Å². The Morgan fingerprint density at radius 2 is 1.45 bits per heavy atom. The van der Waals surface area contributed by atoms with Crippen LogP contribution in [-0.2, 0) is 9.59 Å². The number of likely N-dealkylation sites (tertiary alicyclic amines) is 1. The lowest BCUT2D eigenvalue weighted by Crippen LogP contribution is -2.33. The lowest BCUT2D eigenvalue weighted by atomic mass is 9.95. The molecule has 198 valence electrons. The fourth-order valence-corrected chi connectivity index (χ4v) is 4.84. The maximum atomic E-state index is 13.3. The lowest BCUT2D eigenvalue weighted by Gasteiger charge is -2.25. The summed E-state index contributed by atoms with van der Waals surface area (Å²) in [7, 11) is 4.48. The summed E-state index contributed by atoms with van der Waals surface area (Å²) in [5, 5.41) is 11.8. The molecule has 0 aliphatic carbocycles. The zero-order valence-corrected chi connectivity index (χ0v) is 22.4. The van der Waals surface area contributed by atoms with E-state index in [1.165, 1.54) is 31.3 Å². The van der Waals surface area contributed by atoms with Crippen molar-refractivity contribution in [2.45, 2.75) is 6.04 Å². The average Bonchev–Trinajstić information content (AvgIpc) is 3.17. The molecule has 4 rings (SSSR count). The number of methoxy groups -OCH3 is 3. The lowest BCUT2D eigenvalue weighted by molar-refractivity contribution is -0.140. The predicted molar refractivity (Wildman–Crippen MR) is 144 cm³/mol. The number of ether oxygens (including phenoxy) is 4. The van der Waals surface area contributed by atoms with Gasteiger partial charge < -0.3 is 29.0 Å². The molecule has 0 saturated carbocycles. The summed E-state index contributed by atoms with van der Waals surface area (Å²) >= 11 is 12.4. The molecule has 1 atom stereocenters. The Hall–Kier alpha value is -3.88. The van der Waals surface area contributed by atoms with Crippen LogP contribution in [0, 0.1) is 0 Å². The van der Waals surface area contributed by atoms with Crippen LogP contribution in [0.2, 0.25) is 10.0 Å². The summed E-state index contributed by atoms with van der Waals surface area (Å²) < 4.78 is 21.6. The van der Waals surface area contributed by atoms with Crippen molar-refractivity contribution >= 4 is 40.7 Å². The first-order chi connectivity index (χ1) is 18.3. The Bertz CT molecular complexity index is 1370. The summed E-state index contributed by atoms with van der Waals surface area (Å²) in [6.07, 6.45) is 0. The molecule has 3 aromatic rings. The third-order valence-electron chi connectivity index (χ3n) is 6.10. The number of rotatable bonds is 9. The van der Waals surface area contributed by atoms with Gasteiger partial charge in [0.05, 0.1) is 50.1 Å². The number of carbonyl (C=O) groups excluding carboxylic acids is 2. The number of halogens is 2. The first-order valence-electron chi connectivity index (χ1n) is 11.5. The average molecular weight is 558 g/mol. The molecule has 1 unspecified atom stereocenters. The Kier molecular flexibility index (Phi) is 8.34. The van der Waals surface area contributed by atoms with E-state index < -0.39 is 23.5 Å². The van der Waals surface area contributed by atoms with Crippen molar-refractivity contribution in [1.82, 2.24) is 4.90 Å². The molecule has 38 heavy (non-hydrogen) atoms. The Morgan fingerprint density at radius 1 is 0.868 bits per heavy atom. The zero-order valence-electron chi connectivity index (χ0n) is 20.9. The van der Waals surface area contributed by atoms with Crippen molar-refractivity contribution in [3.05, 3.63) is 87.4 Å². The van der Waals surface area contributed by atoms with Gasteiger partial charge in [0.2, 0.25) is 0 Å². The van der Waals surface area contributed by atoms with Crippen LogP contribution in [0.3, 0.4) is 0 Å². The highest BCUT2D eigenvalue weighted by Gasteiger charge is 2.46. The van der Waals surface area contributed by atoms with Crippen molar-refractivity contribution in [1.29, 1.82) is 0 Å². The van der Waals surface area contributed by atoms with Crippen LogP contribution >= 0.6 is 23.2 Å². The molecule has 1 aliphatic heterocycles. The van der Waals surface area contributed by atoms with E-state index in [0.29, 0.717) is 22.8 Å². The van der Waals surface area contributed by atoms with E-state index in [1.54, 1.807) is 55.6 Å². The minimum Gasteiger partial charge on any atom is -0.507 e. The van der Waals surface area contributed by atoms with Crippen LogP contribution in [-0.4, -0.2) is 56.2 Å². The van der Waals surface area contributed by atoms with Crippen molar-refractivity contribution in [2.75, 3.05) is 34.5 Å². The minimum absolute atomic E-state index is 0.0670. The normalized spacial score (nSPS) is 16.4. The van der Waals surface area contributed by atoms with Gasteiger partial charge in [0.15, 0.2) is 0 Å². The molecule has 1 aliphatic rings. The number of ketones is 1. The van der Waals surface area contributed by atoms with Crippen LogP contribution in [0.25, 0.3) is 5.76 Å². The predicted octanol–water partition coefficient (Wildman–Crippen LogP) is 5.52. The number of amides is 1. The molecule has 10 heteroatoms. The van der Waals surface area contributed by atoms with E-state index in [1.807, 2.05) is 0 Å². The smallest absolute Gasteiger partial charge is 0.295 e. The highest BCUT2D eigenvalue weighted by molar-refractivity contribution is 6.46. The number of hydrogen-bond donors (Lipinski definition) is 1. The third-order valence-corrected chi connectivity index (χ3v) is 6.60. The first-order valence-corrected chi connectivity index (χ1v) is 12.3. The van der Waals surface area contributed by atoms with Gasteiger partial charge in [-0.05, 0) is 54.1 Å². The van der Waals surface area contributed by atoms with Gasteiger partial charge in [-0.2, -0.15) is 0 Å². The number of hydrogen-bond acceptors (Lipinski definition) is 7. The SMILES string of the molecule is COc1ccc(OCCN2C(=O)C(=O)/C(=C(/O)c3cc(Cl)cc(Cl)c3OC)C2c2ccc(OC)cc2)cc1. The molecular weight excluding hydrogens is 533 g/mol. The molecule has 1 N–H and O–H groups in total. The number of benzene rings is 3. The van der Waals surface area contributed by atoms with Crippen molar-refractivity contribution in [2.24, 2.45) is 0 Å². The standard InChI is InChI=1S/C28H25Cl2NO7/c1-35-18-6-4-16(5-7-18)24-23(25(32)21-14-17(29)15-22(30)27(21)37-3)26(33)28(34)31(24)12-13-38-20-10-8-19(36-2)9-11-20/h4-11,14-15,24,32H,12-13H2,1-3H3/b25-23+. The largest absolute Gasteiger partial charge is 0.507 e. The summed E-state index contributed by atoms with van der Waals surface area (Å²) in [4.78, 5) is 27.9. The molecule has 1 saturated heterocycles. The Balaban J connectivity index is 1.74. The van der Waals surface area contributed by atoms with Crippen molar-refractivity contribution < 1.29 is 33.6 Å². The van der Waals surface area contributed by atoms with Gasteiger partial charge in [-0.25, -0.2) is 0 Å². The van der Waals surface area contributed by atoms with Gasteiger partial charge in [-0.3, -0.25) is 9.59 Å². The second kappa shape index (κ2) is 11.7. The number of carbonyl (C=O) groups is 2. The fourth-order valence-electron chi connectivity index (χ4n) is 4.27. The Morgan fingerprint density at radius 3 is 2.03 bits per heavy atom. The summed E-state index contributed by atoms with van der Waals surface area (Å²) in [6.45, 7) is 0.163. The van der Waals surface area contributed by atoms with Crippen LogP contribution in [0.1, 0.15) is 17.2 Å². The molecule has 8 nitrogen and oxygen atoms in total. The molecule has 0 aromatic heterocycles. The quantitative estimate of drug-likeness (QED) is 0.210. The number of Topliss-reactive ketones (excluding diaryl/α,β-unsaturated/α-hetero) is 1. The molecule has 0 radical (unpaired) electrons. The molecular formula is C28H25Cl2NO7. The maximum Gasteiger partial charge on any atom is 0.295 e. The van der Waals surface area contributed by atoms with Crippen molar-refractivity contribution in [3.8, 4) is 23.0 Å². The molecule has 1 amide bonds. The first kappa shape index (κ1) is 27.2. The summed E-state index contributed by atoms with van der Waals surface area (Å²) in [5.74, 6) is -0.124. The molecule has 1 fully saturated rings. The van der Waals surface area contributed by atoms with Crippen LogP contribution < -0.4 is 18.9 Å². The zero-order chi connectivity index (χ0) is 27.4. The minimum atomic E-state index is -0.914. The molecule has 1 heterocycles. The monoisotopic (exact) mass is 557 g/mol. The van der Waals surface area contributed by atoms with Gasteiger partial charge in [0.25, 0.3) is 11.7 Å². The second-order valence-electron chi connectivity index (χ2n) is 8.26. The van der Waals surface area contributed by atoms with Gasteiger partial charge in [0, 0.05) is 5.02 Å². The molecule has 3 aromatic carbocycles. The Labute approximate surface area is 229 Å². The molecule has 0 bridgehead atoms. The highest BCUT2D eigenvalue weighted by Crippen LogP contribution is 2.43. The van der Waals surface area contributed by atoms with Crippen molar-refractivity contribution in [3.63, 3.8) is 0 Å². The van der Waals surface area contributed by atoms with E-state index in [-0.39, 0.29) is 40.1 Å². The van der Waals surface area contributed by atoms with E-state index in [2.05, 4.69) is 0 Å². The van der Waals surface area contributed by atoms with Crippen LogP contribution in [0.5, 0.6) is 23.0 Å². The van der Waals surface area contributed by atoms with Crippen LogP contribution in [0.4, 0.5) is 0 Å². The topological polar surface area (TPSA) is 94.5 Å². The number of nitrogens with zero attached hydrogens (tertiary/aromatic N) is 1. The third kappa shape index (κ3) is 5.37. The van der Waals surface area contributed by atoms with E-state index >= 15 is 0 Å². The fraction of sp³-hybridized carbons (Fsp3) is 0.214. The maximum absolute atomic E-state index is 13.3. The van der Waals surface area contributed by atoms with E-state index in [4.69, 9.17) is 42.1 Å². The number of aliphatic hydroxyl groups excluding tert-OH is 1. The summed E-state index contributed by atoms with van der Waals surface area (Å²) in [6, 6.07) is 15.8. The molecule has 0 spiro atoms. The second-order valence-corrected chi connectivity index (χ2v) is 9.10. The van der Waals surface area contributed by atoms with E-state index in [0.717, 1.165) is 0 Å². The number of aliphatic hydroxyl groups is 1. The van der Waals surface area contributed by atoms with E-state index in [9.17, 15) is 14.7 Å². The summed E-state index contributed by atoms with van der Waals surface area (Å²) in [5.41, 5.74) is 0.556. The van der Waals surface area contributed by atoms with Gasteiger partial charge >= 0.3 is 0 Å². The van der Waals surface area contributed by atoms with Gasteiger partial charge in [-0.1, -0.05) is 35.3 Å². The highest BCUT2D eigenvalue weighted by atomic mass is 35.5. The van der Waals surface area contributed by atoms with Crippen LogP contribution in [0.15, 0.2) is 66.2 Å².